The number of hydrogen-bond donors (Lipinski definition) is 2. The van der Waals surface area contributed by atoms with Crippen LogP contribution in [0.15, 0.2) is 83.8 Å². The number of esters is 1. The number of carbonyl (C=O) groups excluding carboxylic acids is 2. The number of rotatable bonds is 10. The van der Waals surface area contributed by atoms with Crippen molar-refractivity contribution >= 4 is 23.6 Å². The quantitative estimate of drug-likeness (QED) is 0.261. The van der Waals surface area contributed by atoms with Crippen LogP contribution < -0.4 is 5.32 Å². The van der Waals surface area contributed by atoms with Gasteiger partial charge < -0.3 is 24.6 Å². The normalized spacial score (nSPS) is 21.6. The van der Waals surface area contributed by atoms with E-state index in [0.29, 0.717) is 6.54 Å². The van der Waals surface area contributed by atoms with Gasteiger partial charge in [-0.25, -0.2) is 0 Å². The number of ether oxygens (including phenoxy) is 3. The molecule has 0 spiro atoms. The number of thioether (sulfide) groups is 1. The summed E-state index contributed by atoms with van der Waals surface area (Å²) in [5.74, 6) is 0.0371. The van der Waals surface area contributed by atoms with Gasteiger partial charge >= 0.3 is 5.97 Å². The predicted octanol–water partition coefficient (Wildman–Crippen LogP) is 5.33. The van der Waals surface area contributed by atoms with Crippen molar-refractivity contribution in [3.05, 3.63) is 101 Å². The molecule has 1 aliphatic rings. The average Bonchev–Trinajstić information content (AvgIpc) is 2.96. The first-order valence-electron chi connectivity index (χ1n) is 13.1. The van der Waals surface area contributed by atoms with Gasteiger partial charge in [0.05, 0.1) is 18.8 Å². The highest BCUT2D eigenvalue weighted by atomic mass is 32.2. The minimum Gasteiger partial charge on any atom is -0.453 e. The second-order valence-electron chi connectivity index (χ2n) is 9.66. The fraction of sp³-hybridized carbons (Fsp3) is 0.355. The molecule has 1 aliphatic heterocycles. The van der Waals surface area contributed by atoms with E-state index in [4.69, 9.17) is 14.2 Å². The van der Waals surface area contributed by atoms with Gasteiger partial charge in [0.15, 0.2) is 12.4 Å². The van der Waals surface area contributed by atoms with E-state index in [2.05, 4.69) is 24.4 Å². The van der Waals surface area contributed by atoms with E-state index in [9.17, 15) is 14.7 Å². The fourth-order valence-electron chi connectivity index (χ4n) is 4.43. The molecular formula is C31H35NO6S. The van der Waals surface area contributed by atoms with E-state index < -0.39 is 18.4 Å². The number of benzene rings is 3. The van der Waals surface area contributed by atoms with Gasteiger partial charge in [0.1, 0.15) is 0 Å². The molecule has 0 aliphatic carbocycles. The first kappa shape index (κ1) is 28.8. The maximum atomic E-state index is 12.2. The lowest BCUT2D eigenvalue weighted by atomic mass is 9.91. The van der Waals surface area contributed by atoms with Crippen molar-refractivity contribution in [3.63, 3.8) is 0 Å². The highest BCUT2D eigenvalue weighted by molar-refractivity contribution is 7.99. The van der Waals surface area contributed by atoms with Gasteiger partial charge in [0.25, 0.3) is 5.91 Å². The summed E-state index contributed by atoms with van der Waals surface area (Å²) in [5.41, 5.74) is 3.69. The second kappa shape index (κ2) is 13.8. The zero-order chi connectivity index (χ0) is 27.8. The highest BCUT2D eigenvalue weighted by Gasteiger charge is 2.38. The Balaban J connectivity index is 1.47. The molecule has 7 nitrogen and oxygen atoms in total. The molecule has 1 heterocycles. The summed E-state index contributed by atoms with van der Waals surface area (Å²) < 4.78 is 18.0. The third kappa shape index (κ3) is 7.92. The molecule has 0 bridgehead atoms. The number of nitrogens with one attached hydrogen (secondary N) is 1. The Kier molecular flexibility index (Phi) is 10.2. The molecule has 4 rings (SSSR count). The third-order valence-electron chi connectivity index (χ3n) is 6.71. The molecule has 0 saturated carbocycles. The summed E-state index contributed by atoms with van der Waals surface area (Å²) >= 11 is 1.76. The first-order valence-corrected chi connectivity index (χ1v) is 14.0. The van der Waals surface area contributed by atoms with Crippen LogP contribution in [-0.4, -0.2) is 34.9 Å². The zero-order valence-electron chi connectivity index (χ0n) is 22.4. The predicted molar refractivity (Wildman–Crippen MR) is 150 cm³/mol. The Bertz CT molecular complexity index is 1220. The van der Waals surface area contributed by atoms with Gasteiger partial charge in [-0.1, -0.05) is 73.7 Å². The number of amides is 1. The number of aliphatic hydroxyl groups excluding tert-OH is 1. The maximum Gasteiger partial charge on any atom is 0.303 e. The van der Waals surface area contributed by atoms with Crippen molar-refractivity contribution in [3.8, 4) is 0 Å². The molecule has 2 N–H and O–H groups in total. The SMILES string of the molecule is CC(=O)O[C@@H](C)C(=O)NCc1ccc([C@H]2O[C@@H](CSc3ccccc3)[C@@H](C)[C@@H](c3ccc(CO)cc3)O2)cc1. The van der Waals surface area contributed by atoms with E-state index in [1.54, 1.807) is 18.7 Å². The Morgan fingerprint density at radius 2 is 1.59 bits per heavy atom. The van der Waals surface area contributed by atoms with E-state index in [-0.39, 0.29) is 30.6 Å². The summed E-state index contributed by atoms with van der Waals surface area (Å²) in [4.78, 5) is 24.4. The Morgan fingerprint density at radius 1 is 0.949 bits per heavy atom. The van der Waals surface area contributed by atoms with Crippen LogP contribution in [0.1, 0.15) is 55.4 Å². The van der Waals surface area contributed by atoms with Crippen LogP contribution in [0.2, 0.25) is 0 Å². The van der Waals surface area contributed by atoms with Gasteiger partial charge in [-0.15, -0.1) is 11.8 Å². The second-order valence-corrected chi connectivity index (χ2v) is 10.8. The number of carbonyl (C=O) groups is 2. The summed E-state index contributed by atoms with van der Waals surface area (Å²) in [5, 5.41) is 12.2. The van der Waals surface area contributed by atoms with Crippen LogP contribution >= 0.6 is 11.8 Å². The van der Waals surface area contributed by atoms with Crippen LogP contribution in [0.25, 0.3) is 0 Å². The molecule has 1 fully saturated rings. The lowest BCUT2D eigenvalue weighted by Crippen LogP contribution is -2.38. The minimum atomic E-state index is -0.845. The smallest absolute Gasteiger partial charge is 0.303 e. The van der Waals surface area contributed by atoms with Crippen molar-refractivity contribution < 1.29 is 28.9 Å². The molecule has 39 heavy (non-hydrogen) atoms. The van der Waals surface area contributed by atoms with Crippen molar-refractivity contribution in [1.82, 2.24) is 5.32 Å². The fourth-order valence-corrected chi connectivity index (χ4v) is 5.52. The molecule has 3 aromatic carbocycles. The molecule has 0 unspecified atom stereocenters. The maximum absolute atomic E-state index is 12.2. The summed E-state index contributed by atoms with van der Waals surface area (Å²) in [7, 11) is 0. The van der Waals surface area contributed by atoms with Crippen LogP contribution in [0.4, 0.5) is 0 Å². The molecule has 0 aromatic heterocycles. The van der Waals surface area contributed by atoms with Crippen LogP contribution in [-0.2, 0) is 37.0 Å². The summed E-state index contributed by atoms with van der Waals surface area (Å²) in [6.45, 7) is 5.28. The summed E-state index contributed by atoms with van der Waals surface area (Å²) in [6.07, 6.45) is -1.64. The average molecular weight is 550 g/mol. The lowest BCUT2D eigenvalue weighted by Gasteiger charge is -2.41. The molecule has 5 atom stereocenters. The van der Waals surface area contributed by atoms with Gasteiger partial charge in [-0.3, -0.25) is 9.59 Å². The lowest BCUT2D eigenvalue weighted by molar-refractivity contribution is -0.268. The van der Waals surface area contributed by atoms with E-state index in [1.807, 2.05) is 66.7 Å². The van der Waals surface area contributed by atoms with Crippen LogP contribution in [0, 0.1) is 5.92 Å². The van der Waals surface area contributed by atoms with E-state index in [1.165, 1.54) is 11.8 Å². The number of hydrogen-bond acceptors (Lipinski definition) is 7. The first-order chi connectivity index (χ1) is 18.8. The highest BCUT2D eigenvalue weighted by Crippen LogP contribution is 2.43. The Hall–Kier alpha value is -3.17. The van der Waals surface area contributed by atoms with Gasteiger partial charge in [0, 0.05) is 35.6 Å². The molecular weight excluding hydrogens is 514 g/mol. The molecule has 1 amide bonds. The zero-order valence-corrected chi connectivity index (χ0v) is 23.2. The Morgan fingerprint density at radius 3 is 2.23 bits per heavy atom. The van der Waals surface area contributed by atoms with Crippen molar-refractivity contribution in [1.29, 1.82) is 0 Å². The molecule has 0 radical (unpaired) electrons. The van der Waals surface area contributed by atoms with E-state index >= 15 is 0 Å². The topological polar surface area (TPSA) is 94.1 Å². The van der Waals surface area contributed by atoms with Gasteiger partial charge in [-0.05, 0) is 35.7 Å². The standard InChI is InChI=1S/C31H35NO6S/c1-20-28(19-39-27-7-5-4-6-8-27)37-31(38-29(20)25-13-11-24(18-33)12-14-25)26-15-9-23(10-16-26)17-32-30(35)21(2)36-22(3)34/h4-16,20-21,28-29,31,33H,17-19H2,1-3H3,(H,32,35)/t20-,21+,28+,29+,31+/m1/s1. The minimum absolute atomic E-state index is 0.00109. The van der Waals surface area contributed by atoms with Crippen molar-refractivity contribution in [2.24, 2.45) is 5.92 Å². The molecule has 3 aromatic rings. The molecule has 1 saturated heterocycles. The van der Waals surface area contributed by atoms with Crippen molar-refractivity contribution in [2.45, 2.75) is 63.4 Å². The van der Waals surface area contributed by atoms with Crippen molar-refractivity contribution in [2.75, 3.05) is 5.75 Å². The van der Waals surface area contributed by atoms with Crippen LogP contribution in [0.3, 0.4) is 0 Å². The van der Waals surface area contributed by atoms with Gasteiger partial charge in [0.2, 0.25) is 0 Å². The largest absolute Gasteiger partial charge is 0.453 e. The molecule has 206 valence electrons. The van der Waals surface area contributed by atoms with Crippen LogP contribution in [0.5, 0.6) is 0 Å². The monoisotopic (exact) mass is 549 g/mol. The van der Waals surface area contributed by atoms with Gasteiger partial charge in [-0.2, -0.15) is 0 Å². The Labute approximate surface area is 233 Å². The molecule has 8 heteroatoms. The summed E-state index contributed by atoms with van der Waals surface area (Å²) in [6, 6.07) is 25.9. The van der Waals surface area contributed by atoms with E-state index in [0.717, 1.165) is 28.0 Å². The number of aliphatic hydroxyl groups is 1. The third-order valence-corrected chi connectivity index (χ3v) is 7.81.